The van der Waals surface area contributed by atoms with Gasteiger partial charge in [0.1, 0.15) is 0 Å². The first kappa shape index (κ1) is 23.1. The van der Waals surface area contributed by atoms with Gasteiger partial charge in [-0.15, -0.1) is 0 Å². The summed E-state index contributed by atoms with van der Waals surface area (Å²) in [7, 11) is 0. The molecule has 0 saturated heterocycles. The zero-order valence-electron chi connectivity index (χ0n) is 13.9. The molecule has 0 heterocycles. The predicted octanol–water partition coefficient (Wildman–Crippen LogP) is 3.09. The summed E-state index contributed by atoms with van der Waals surface area (Å²) in [6, 6.07) is 0. The lowest BCUT2D eigenvalue weighted by atomic mass is 10.1. The summed E-state index contributed by atoms with van der Waals surface area (Å²) < 4.78 is 0. The molecule has 6 nitrogen and oxygen atoms in total. The van der Waals surface area contributed by atoms with E-state index in [-0.39, 0.29) is 19.0 Å². The third-order valence-electron chi connectivity index (χ3n) is 3.17. The van der Waals surface area contributed by atoms with Gasteiger partial charge in [0.05, 0.1) is 6.17 Å². The molecule has 0 saturated carbocycles. The lowest BCUT2D eigenvalue weighted by Gasteiger charge is -2.01. The Morgan fingerprint density at radius 1 is 0.773 bits per heavy atom. The molecule has 0 bridgehead atoms. The van der Waals surface area contributed by atoms with E-state index in [9.17, 15) is 9.59 Å². The van der Waals surface area contributed by atoms with Crippen LogP contribution in [-0.4, -0.2) is 28.3 Å². The summed E-state index contributed by atoms with van der Waals surface area (Å²) in [5.41, 5.74) is 10.6. The van der Waals surface area contributed by atoms with Crippen LogP contribution >= 0.6 is 0 Å². The maximum Gasteiger partial charge on any atom is 0.303 e. The second-order valence-corrected chi connectivity index (χ2v) is 5.57. The van der Waals surface area contributed by atoms with Crippen LogP contribution in [0.3, 0.4) is 0 Å². The number of unbranched alkanes of at least 4 members (excludes halogenated alkanes) is 7. The molecule has 0 spiro atoms. The molecule has 0 aromatic carbocycles. The van der Waals surface area contributed by atoms with Crippen molar-refractivity contribution in [2.24, 2.45) is 11.5 Å². The summed E-state index contributed by atoms with van der Waals surface area (Å²) in [6.07, 6.45) is 10.4. The summed E-state index contributed by atoms with van der Waals surface area (Å²) in [5.74, 6) is -1.48. The van der Waals surface area contributed by atoms with Crippen molar-refractivity contribution in [3.8, 4) is 0 Å². The van der Waals surface area contributed by atoms with Crippen molar-refractivity contribution in [3.05, 3.63) is 0 Å². The molecule has 0 radical (unpaired) electrons. The van der Waals surface area contributed by atoms with Crippen molar-refractivity contribution in [2.45, 2.75) is 90.1 Å². The Balaban J connectivity index is 0. The van der Waals surface area contributed by atoms with Crippen LogP contribution in [0.25, 0.3) is 0 Å². The van der Waals surface area contributed by atoms with Crippen LogP contribution in [-0.2, 0) is 9.59 Å². The van der Waals surface area contributed by atoms with Crippen LogP contribution in [0.5, 0.6) is 0 Å². The minimum atomic E-state index is -0.740. The Labute approximate surface area is 134 Å². The second-order valence-electron chi connectivity index (χ2n) is 5.57. The van der Waals surface area contributed by atoms with E-state index in [1.165, 1.54) is 19.3 Å². The number of carboxylic acid groups (broad SMARTS) is 2. The van der Waals surface area contributed by atoms with Gasteiger partial charge in [-0.1, -0.05) is 51.9 Å². The third-order valence-corrected chi connectivity index (χ3v) is 3.17. The second kappa shape index (κ2) is 17.9. The van der Waals surface area contributed by atoms with Crippen LogP contribution in [0, 0.1) is 0 Å². The number of rotatable bonds is 13. The molecule has 132 valence electrons. The fourth-order valence-electron chi connectivity index (χ4n) is 1.89. The number of hydrogen-bond acceptors (Lipinski definition) is 4. The lowest BCUT2D eigenvalue weighted by Crippen LogP contribution is -2.29. The first-order chi connectivity index (χ1) is 10.4. The Hall–Kier alpha value is -1.14. The number of hydrogen-bond donors (Lipinski definition) is 4. The van der Waals surface area contributed by atoms with E-state index >= 15 is 0 Å². The monoisotopic (exact) mass is 318 g/mol. The number of aliphatic carboxylic acids is 2. The van der Waals surface area contributed by atoms with E-state index in [2.05, 4.69) is 6.92 Å². The molecule has 6 N–H and O–H groups in total. The highest BCUT2D eigenvalue weighted by molar-refractivity contribution is 5.66. The molecule has 22 heavy (non-hydrogen) atoms. The molecule has 6 heteroatoms. The quantitative estimate of drug-likeness (QED) is 0.305. The Kier molecular flexibility index (Phi) is 18.8. The van der Waals surface area contributed by atoms with Crippen molar-refractivity contribution in [2.75, 3.05) is 0 Å². The fourth-order valence-corrected chi connectivity index (χ4v) is 1.89. The van der Waals surface area contributed by atoms with Crippen molar-refractivity contribution in [1.29, 1.82) is 0 Å². The maximum atomic E-state index is 10.1. The average Bonchev–Trinajstić information content (AvgIpc) is 2.42. The zero-order valence-corrected chi connectivity index (χ0v) is 13.9. The first-order valence-corrected chi connectivity index (χ1v) is 8.34. The average molecular weight is 318 g/mol. The van der Waals surface area contributed by atoms with E-state index in [0.717, 1.165) is 44.9 Å². The largest absolute Gasteiger partial charge is 0.481 e. The minimum absolute atomic E-state index is 0.0958. The van der Waals surface area contributed by atoms with Gasteiger partial charge in [-0.25, -0.2) is 0 Å². The summed E-state index contributed by atoms with van der Waals surface area (Å²) >= 11 is 0. The summed E-state index contributed by atoms with van der Waals surface area (Å²) in [4.78, 5) is 20.3. The number of nitrogens with two attached hydrogens (primary N) is 2. The molecule has 0 amide bonds. The molecule has 0 aliphatic rings. The topological polar surface area (TPSA) is 127 Å². The molecule has 0 rings (SSSR count). The van der Waals surface area contributed by atoms with Crippen molar-refractivity contribution < 1.29 is 19.8 Å². The molecular weight excluding hydrogens is 284 g/mol. The zero-order chi connectivity index (χ0) is 17.2. The molecular formula is C16H34N2O4. The van der Waals surface area contributed by atoms with Crippen molar-refractivity contribution in [3.63, 3.8) is 0 Å². The Bertz CT molecular complexity index is 251. The van der Waals surface area contributed by atoms with Crippen molar-refractivity contribution in [1.82, 2.24) is 0 Å². The van der Waals surface area contributed by atoms with Crippen LogP contribution in [0.1, 0.15) is 84.0 Å². The molecule has 0 aliphatic carbocycles. The molecule has 0 fully saturated rings. The van der Waals surface area contributed by atoms with Gasteiger partial charge in [-0.05, 0) is 19.3 Å². The van der Waals surface area contributed by atoms with Gasteiger partial charge in [-0.3, -0.25) is 9.59 Å². The van der Waals surface area contributed by atoms with Crippen molar-refractivity contribution >= 4 is 11.9 Å². The SMILES string of the molecule is CCCCCC(N)N.O=C(O)CCCCCCCCC(=O)O. The maximum absolute atomic E-state index is 10.1. The first-order valence-electron chi connectivity index (χ1n) is 8.34. The normalized spacial score (nSPS) is 10.2. The molecule has 0 aromatic rings. The van der Waals surface area contributed by atoms with Gasteiger partial charge in [-0.2, -0.15) is 0 Å². The standard InChI is InChI=1S/C10H18O4.C6H16N2/c11-9(12)7-5-3-1-2-4-6-8-10(13)14;1-2-3-4-5-6(7)8/h1-8H2,(H,11,12)(H,13,14);6H,2-5,7-8H2,1H3. The van der Waals surface area contributed by atoms with Gasteiger partial charge in [0.25, 0.3) is 0 Å². The van der Waals surface area contributed by atoms with Crippen LogP contribution in [0.15, 0.2) is 0 Å². The third kappa shape index (κ3) is 27.2. The molecule has 0 atom stereocenters. The molecule has 0 unspecified atom stereocenters. The van der Waals surface area contributed by atoms with Crippen LogP contribution in [0.4, 0.5) is 0 Å². The van der Waals surface area contributed by atoms with Crippen LogP contribution < -0.4 is 11.5 Å². The highest BCUT2D eigenvalue weighted by Gasteiger charge is 1.98. The molecule has 0 aliphatic heterocycles. The Morgan fingerprint density at radius 2 is 1.18 bits per heavy atom. The van der Waals surface area contributed by atoms with Gasteiger partial charge in [0, 0.05) is 12.8 Å². The van der Waals surface area contributed by atoms with Gasteiger partial charge in [0.2, 0.25) is 0 Å². The lowest BCUT2D eigenvalue weighted by molar-refractivity contribution is -0.138. The van der Waals surface area contributed by atoms with E-state index in [1.807, 2.05) is 0 Å². The van der Waals surface area contributed by atoms with E-state index in [1.54, 1.807) is 0 Å². The summed E-state index contributed by atoms with van der Waals surface area (Å²) in [5, 5.41) is 16.7. The van der Waals surface area contributed by atoms with E-state index in [4.69, 9.17) is 21.7 Å². The number of carbonyl (C=O) groups is 2. The van der Waals surface area contributed by atoms with E-state index < -0.39 is 11.9 Å². The van der Waals surface area contributed by atoms with Gasteiger partial charge >= 0.3 is 11.9 Å². The van der Waals surface area contributed by atoms with Gasteiger partial charge in [0.15, 0.2) is 0 Å². The minimum Gasteiger partial charge on any atom is -0.481 e. The van der Waals surface area contributed by atoms with E-state index in [0.29, 0.717) is 0 Å². The van der Waals surface area contributed by atoms with Gasteiger partial charge < -0.3 is 21.7 Å². The predicted molar refractivity (Wildman–Crippen MR) is 88.5 cm³/mol. The van der Waals surface area contributed by atoms with Crippen LogP contribution in [0.2, 0.25) is 0 Å². The summed E-state index contributed by atoms with van der Waals surface area (Å²) in [6.45, 7) is 2.17. The number of carboxylic acids is 2. The highest BCUT2D eigenvalue weighted by Crippen LogP contribution is 2.08. The highest BCUT2D eigenvalue weighted by atomic mass is 16.4. The molecule has 0 aromatic heterocycles. The Morgan fingerprint density at radius 3 is 1.50 bits per heavy atom. The smallest absolute Gasteiger partial charge is 0.303 e. The fraction of sp³-hybridized carbons (Fsp3) is 0.875.